The molecular formula is C22H30N2. The topological polar surface area (TPSA) is 15.3 Å². The van der Waals surface area contributed by atoms with Crippen LogP contribution in [0.5, 0.6) is 0 Å². The van der Waals surface area contributed by atoms with Gasteiger partial charge in [0.25, 0.3) is 0 Å². The molecule has 0 spiro atoms. The van der Waals surface area contributed by atoms with Crippen molar-refractivity contribution in [2.24, 2.45) is 0 Å². The first kappa shape index (κ1) is 17.2. The number of aryl methyl sites for hydroxylation is 2. The summed E-state index contributed by atoms with van der Waals surface area (Å²) in [6.45, 7) is 10.1. The van der Waals surface area contributed by atoms with Crippen LogP contribution in [0.4, 0.5) is 0 Å². The Morgan fingerprint density at radius 2 is 1.92 bits per heavy atom. The summed E-state index contributed by atoms with van der Waals surface area (Å²) in [4.78, 5) is 2.59. The summed E-state index contributed by atoms with van der Waals surface area (Å²) in [5.74, 6) is 0. The van der Waals surface area contributed by atoms with Gasteiger partial charge in [-0.1, -0.05) is 54.1 Å². The number of nitrogens with zero attached hydrogens (tertiary/aromatic N) is 1. The molecule has 1 N–H and O–H groups in total. The molecule has 2 aromatic rings. The number of hydrogen-bond donors (Lipinski definition) is 1. The Labute approximate surface area is 146 Å². The molecule has 2 unspecified atom stereocenters. The largest absolute Gasteiger partial charge is 0.306 e. The van der Waals surface area contributed by atoms with Gasteiger partial charge in [-0.15, -0.1) is 0 Å². The average Bonchev–Trinajstić information content (AvgIpc) is 2.56. The highest BCUT2D eigenvalue weighted by Gasteiger charge is 2.22. The predicted octanol–water partition coefficient (Wildman–Crippen LogP) is 4.62. The van der Waals surface area contributed by atoms with Gasteiger partial charge in [-0.3, -0.25) is 4.90 Å². The van der Waals surface area contributed by atoms with Gasteiger partial charge in [0, 0.05) is 25.2 Å². The molecule has 2 aromatic carbocycles. The fraction of sp³-hybridized carbons (Fsp3) is 0.455. The van der Waals surface area contributed by atoms with E-state index >= 15 is 0 Å². The zero-order valence-electron chi connectivity index (χ0n) is 15.3. The molecule has 24 heavy (non-hydrogen) atoms. The highest BCUT2D eigenvalue weighted by molar-refractivity contribution is 5.32. The van der Waals surface area contributed by atoms with E-state index in [0.29, 0.717) is 12.1 Å². The minimum Gasteiger partial charge on any atom is -0.306 e. The molecule has 128 valence electrons. The minimum atomic E-state index is 0.410. The number of likely N-dealkylation sites (tertiary alicyclic amines) is 1. The maximum atomic E-state index is 3.87. The third-order valence-corrected chi connectivity index (χ3v) is 5.13. The standard InChI is InChI=1S/C22H30N2/c1-17-11-12-22(18(2)14-17)19(3)23-21-10-7-13-24(16-21)15-20-8-5-4-6-9-20/h4-6,8-9,11-12,14,19,21,23H,7,10,13,15-16H2,1-3H3. The third-order valence-electron chi connectivity index (χ3n) is 5.13. The zero-order valence-corrected chi connectivity index (χ0v) is 15.3. The summed E-state index contributed by atoms with van der Waals surface area (Å²) in [6.07, 6.45) is 2.56. The maximum absolute atomic E-state index is 3.87. The van der Waals surface area contributed by atoms with Gasteiger partial charge >= 0.3 is 0 Å². The Balaban J connectivity index is 1.58. The highest BCUT2D eigenvalue weighted by Crippen LogP contribution is 2.21. The number of hydrogen-bond acceptors (Lipinski definition) is 2. The fourth-order valence-corrected chi connectivity index (χ4v) is 3.93. The van der Waals surface area contributed by atoms with E-state index in [1.807, 2.05) is 0 Å². The number of benzene rings is 2. The molecule has 0 radical (unpaired) electrons. The van der Waals surface area contributed by atoms with Crippen molar-refractivity contribution in [2.45, 2.75) is 52.2 Å². The number of rotatable bonds is 5. The molecule has 2 nitrogen and oxygen atoms in total. The van der Waals surface area contributed by atoms with E-state index in [0.717, 1.165) is 13.1 Å². The smallest absolute Gasteiger partial charge is 0.0297 e. The summed E-state index contributed by atoms with van der Waals surface area (Å²) in [5.41, 5.74) is 5.59. The molecule has 0 aromatic heterocycles. The first-order valence-electron chi connectivity index (χ1n) is 9.21. The normalized spacial score (nSPS) is 20.0. The Kier molecular flexibility index (Phi) is 5.70. The predicted molar refractivity (Wildman–Crippen MR) is 102 cm³/mol. The van der Waals surface area contributed by atoms with Gasteiger partial charge < -0.3 is 5.32 Å². The van der Waals surface area contributed by atoms with Crippen molar-refractivity contribution in [3.05, 3.63) is 70.8 Å². The second kappa shape index (κ2) is 7.96. The van der Waals surface area contributed by atoms with Crippen molar-refractivity contribution in [1.82, 2.24) is 10.2 Å². The van der Waals surface area contributed by atoms with Crippen molar-refractivity contribution >= 4 is 0 Å². The van der Waals surface area contributed by atoms with E-state index in [4.69, 9.17) is 0 Å². The van der Waals surface area contributed by atoms with Crippen molar-refractivity contribution in [3.63, 3.8) is 0 Å². The third kappa shape index (κ3) is 4.46. The van der Waals surface area contributed by atoms with Gasteiger partial charge in [0.1, 0.15) is 0 Å². The lowest BCUT2D eigenvalue weighted by Crippen LogP contribution is -2.46. The monoisotopic (exact) mass is 322 g/mol. The molecule has 1 fully saturated rings. The molecule has 0 saturated carbocycles. The summed E-state index contributed by atoms with van der Waals surface area (Å²) >= 11 is 0. The first-order valence-corrected chi connectivity index (χ1v) is 9.21. The van der Waals surface area contributed by atoms with Gasteiger partial charge in [0.05, 0.1) is 0 Å². The van der Waals surface area contributed by atoms with Crippen molar-refractivity contribution in [3.8, 4) is 0 Å². The molecule has 1 aliphatic rings. The quantitative estimate of drug-likeness (QED) is 0.864. The van der Waals surface area contributed by atoms with E-state index in [1.54, 1.807) is 0 Å². The molecular weight excluding hydrogens is 292 g/mol. The lowest BCUT2D eigenvalue weighted by molar-refractivity contribution is 0.177. The second-order valence-corrected chi connectivity index (χ2v) is 7.31. The van der Waals surface area contributed by atoms with Crippen LogP contribution >= 0.6 is 0 Å². The SMILES string of the molecule is Cc1ccc(C(C)NC2CCCN(Cc3ccccc3)C2)c(C)c1. The summed E-state index contributed by atoms with van der Waals surface area (Å²) < 4.78 is 0. The molecule has 0 aliphatic carbocycles. The maximum Gasteiger partial charge on any atom is 0.0297 e. The highest BCUT2D eigenvalue weighted by atomic mass is 15.2. The first-order chi connectivity index (χ1) is 11.6. The van der Waals surface area contributed by atoms with E-state index in [9.17, 15) is 0 Å². The van der Waals surface area contributed by atoms with Crippen LogP contribution in [0.25, 0.3) is 0 Å². The molecule has 2 atom stereocenters. The van der Waals surface area contributed by atoms with Crippen LogP contribution in [0.2, 0.25) is 0 Å². The molecule has 3 rings (SSSR count). The van der Waals surface area contributed by atoms with Crippen LogP contribution < -0.4 is 5.32 Å². The second-order valence-electron chi connectivity index (χ2n) is 7.31. The van der Waals surface area contributed by atoms with Crippen LogP contribution in [0.3, 0.4) is 0 Å². The lowest BCUT2D eigenvalue weighted by Gasteiger charge is -2.35. The minimum absolute atomic E-state index is 0.410. The van der Waals surface area contributed by atoms with Crippen molar-refractivity contribution < 1.29 is 0 Å². The molecule has 1 saturated heterocycles. The molecule has 0 bridgehead atoms. The van der Waals surface area contributed by atoms with Gasteiger partial charge in [-0.05, 0) is 56.8 Å². The van der Waals surface area contributed by atoms with Gasteiger partial charge in [-0.25, -0.2) is 0 Å². The Bertz CT molecular complexity index is 650. The zero-order chi connectivity index (χ0) is 16.9. The molecule has 1 aliphatic heterocycles. The Morgan fingerprint density at radius 3 is 2.67 bits per heavy atom. The fourth-order valence-electron chi connectivity index (χ4n) is 3.93. The van der Waals surface area contributed by atoms with Crippen molar-refractivity contribution in [2.75, 3.05) is 13.1 Å². The van der Waals surface area contributed by atoms with Crippen LogP contribution in [0, 0.1) is 13.8 Å². The van der Waals surface area contributed by atoms with Crippen molar-refractivity contribution in [1.29, 1.82) is 0 Å². The Morgan fingerprint density at radius 1 is 1.12 bits per heavy atom. The van der Waals surface area contributed by atoms with E-state index < -0.39 is 0 Å². The van der Waals surface area contributed by atoms with Crippen LogP contribution in [-0.2, 0) is 6.54 Å². The van der Waals surface area contributed by atoms with Gasteiger partial charge in [-0.2, -0.15) is 0 Å². The van der Waals surface area contributed by atoms with Gasteiger partial charge in [0.15, 0.2) is 0 Å². The summed E-state index contributed by atoms with van der Waals surface area (Å²) in [7, 11) is 0. The number of piperidine rings is 1. The summed E-state index contributed by atoms with van der Waals surface area (Å²) in [6, 6.07) is 18.6. The molecule has 0 amide bonds. The van der Waals surface area contributed by atoms with E-state index in [1.165, 1.54) is 41.6 Å². The Hall–Kier alpha value is -1.64. The van der Waals surface area contributed by atoms with Crippen LogP contribution in [0.15, 0.2) is 48.5 Å². The van der Waals surface area contributed by atoms with E-state index in [2.05, 4.69) is 79.5 Å². The molecule has 1 heterocycles. The van der Waals surface area contributed by atoms with Crippen LogP contribution in [-0.4, -0.2) is 24.0 Å². The summed E-state index contributed by atoms with van der Waals surface area (Å²) in [5, 5.41) is 3.87. The number of nitrogens with one attached hydrogen (secondary N) is 1. The average molecular weight is 322 g/mol. The molecule has 2 heteroatoms. The van der Waals surface area contributed by atoms with Crippen LogP contribution in [0.1, 0.15) is 48.1 Å². The van der Waals surface area contributed by atoms with E-state index in [-0.39, 0.29) is 0 Å². The van der Waals surface area contributed by atoms with Gasteiger partial charge in [0.2, 0.25) is 0 Å². The lowest BCUT2D eigenvalue weighted by atomic mass is 9.98.